The quantitative estimate of drug-likeness (QED) is 0.783. The predicted molar refractivity (Wildman–Crippen MR) is 58.5 cm³/mol. The van der Waals surface area contributed by atoms with E-state index in [9.17, 15) is 0 Å². The number of methoxy groups -OCH3 is 1. The molecule has 0 radical (unpaired) electrons. The number of hydrogen-bond donors (Lipinski definition) is 0. The number of aromatic nitrogens is 2. The van der Waals surface area contributed by atoms with Crippen LogP contribution in [0.1, 0.15) is 5.56 Å². The van der Waals surface area contributed by atoms with Gasteiger partial charge < -0.3 is 4.74 Å². The molecule has 2 rings (SSSR count). The average molecular weight is 253 g/mol. The Hall–Kier alpha value is -1.16. The summed E-state index contributed by atoms with van der Waals surface area (Å²) in [5.41, 5.74) is 2.85. The Labute approximate surface area is 90.3 Å². The Morgan fingerprint density at radius 3 is 2.86 bits per heavy atom. The average Bonchev–Trinajstić information content (AvgIpc) is 2.16. The van der Waals surface area contributed by atoms with Crippen LogP contribution in [0.15, 0.2) is 22.8 Å². The van der Waals surface area contributed by atoms with Gasteiger partial charge in [-0.15, -0.1) is 0 Å². The molecule has 2 aromatic rings. The number of aryl methyl sites for hydroxylation is 1. The lowest BCUT2D eigenvalue weighted by Crippen LogP contribution is -1.91. The van der Waals surface area contributed by atoms with Crippen molar-refractivity contribution in [3.05, 3.63) is 28.4 Å². The van der Waals surface area contributed by atoms with Crippen LogP contribution in [-0.2, 0) is 0 Å². The molecule has 0 saturated heterocycles. The first-order valence-corrected chi connectivity index (χ1v) is 4.97. The van der Waals surface area contributed by atoms with Gasteiger partial charge in [-0.05, 0) is 40.5 Å². The van der Waals surface area contributed by atoms with Crippen molar-refractivity contribution in [2.24, 2.45) is 0 Å². The summed E-state index contributed by atoms with van der Waals surface area (Å²) in [6.45, 7) is 2.02. The fourth-order valence-corrected chi connectivity index (χ4v) is 1.96. The molecule has 0 unspecified atom stereocenters. The van der Waals surface area contributed by atoms with Crippen LogP contribution >= 0.6 is 15.9 Å². The molecule has 1 heterocycles. The van der Waals surface area contributed by atoms with Gasteiger partial charge in [0.05, 0.1) is 18.8 Å². The second-order valence-corrected chi connectivity index (χ2v) is 3.88. The van der Waals surface area contributed by atoms with Crippen LogP contribution in [0.2, 0.25) is 0 Å². The molecule has 0 fully saturated rings. The first kappa shape index (κ1) is 9.40. The van der Waals surface area contributed by atoms with Gasteiger partial charge in [-0.2, -0.15) is 0 Å². The van der Waals surface area contributed by atoms with E-state index in [2.05, 4.69) is 25.9 Å². The first-order chi connectivity index (χ1) is 6.70. The molecule has 0 spiro atoms. The van der Waals surface area contributed by atoms with Gasteiger partial charge in [0, 0.05) is 4.47 Å². The van der Waals surface area contributed by atoms with Crippen molar-refractivity contribution in [2.75, 3.05) is 7.11 Å². The lowest BCUT2D eigenvalue weighted by molar-refractivity contribution is 0.397. The van der Waals surface area contributed by atoms with E-state index in [1.807, 2.05) is 19.1 Å². The van der Waals surface area contributed by atoms with Crippen molar-refractivity contribution in [2.45, 2.75) is 6.92 Å². The largest absolute Gasteiger partial charge is 0.480 e. The molecule has 0 amide bonds. The summed E-state index contributed by atoms with van der Waals surface area (Å²) in [7, 11) is 1.58. The zero-order valence-corrected chi connectivity index (χ0v) is 9.50. The highest BCUT2D eigenvalue weighted by Gasteiger charge is 2.04. The molecule has 4 heteroatoms. The third-order valence-electron chi connectivity index (χ3n) is 1.93. The van der Waals surface area contributed by atoms with Crippen molar-refractivity contribution in [1.29, 1.82) is 0 Å². The number of benzene rings is 1. The molecular weight excluding hydrogens is 244 g/mol. The molecule has 0 N–H and O–H groups in total. The van der Waals surface area contributed by atoms with Gasteiger partial charge in [0.15, 0.2) is 0 Å². The maximum absolute atomic E-state index is 5.01. The first-order valence-electron chi connectivity index (χ1n) is 4.17. The summed E-state index contributed by atoms with van der Waals surface area (Å²) in [4.78, 5) is 8.56. The molecule has 72 valence electrons. The SMILES string of the molecule is COc1cnc2c(Br)cc(C)cc2n1. The topological polar surface area (TPSA) is 35.0 Å². The summed E-state index contributed by atoms with van der Waals surface area (Å²) in [5.74, 6) is 0.537. The molecule has 1 aromatic heterocycles. The zero-order chi connectivity index (χ0) is 10.1. The fraction of sp³-hybridized carbons (Fsp3) is 0.200. The van der Waals surface area contributed by atoms with Crippen LogP contribution < -0.4 is 4.74 Å². The molecular formula is C10H9BrN2O. The highest BCUT2D eigenvalue weighted by Crippen LogP contribution is 2.23. The molecule has 0 aliphatic heterocycles. The van der Waals surface area contributed by atoms with E-state index in [0.29, 0.717) is 5.88 Å². The summed E-state index contributed by atoms with van der Waals surface area (Å²) >= 11 is 3.45. The molecule has 0 aliphatic carbocycles. The van der Waals surface area contributed by atoms with Crippen LogP contribution in [-0.4, -0.2) is 17.1 Å². The van der Waals surface area contributed by atoms with Crippen molar-refractivity contribution in [3.8, 4) is 5.88 Å². The zero-order valence-electron chi connectivity index (χ0n) is 7.91. The van der Waals surface area contributed by atoms with Gasteiger partial charge in [0.25, 0.3) is 0 Å². The lowest BCUT2D eigenvalue weighted by atomic mass is 10.2. The minimum Gasteiger partial charge on any atom is -0.480 e. The highest BCUT2D eigenvalue weighted by molar-refractivity contribution is 9.10. The van der Waals surface area contributed by atoms with E-state index in [4.69, 9.17) is 4.74 Å². The standard InChI is InChI=1S/C10H9BrN2O/c1-6-3-7(11)10-8(4-6)13-9(14-2)5-12-10/h3-5H,1-2H3. The smallest absolute Gasteiger partial charge is 0.232 e. The molecule has 14 heavy (non-hydrogen) atoms. The Morgan fingerprint density at radius 2 is 2.14 bits per heavy atom. The van der Waals surface area contributed by atoms with E-state index in [-0.39, 0.29) is 0 Å². The van der Waals surface area contributed by atoms with Gasteiger partial charge >= 0.3 is 0 Å². The molecule has 0 saturated carbocycles. The van der Waals surface area contributed by atoms with Crippen LogP contribution in [0.5, 0.6) is 5.88 Å². The number of hydrogen-bond acceptors (Lipinski definition) is 3. The van der Waals surface area contributed by atoms with E-state index in [0.717, 1.165) is 21.1 Å². The van der Waals surface area contributed by atoms with Gasteiger partial charge in [-0.25, -0.2) is 9.97 Å². The molecule has 0 atom stereocenters. The van der Waals surface area contributed by atoms with Gasteiger partial charge in [-0.3, -0.25) is 0 Å². The maximum atomic E-state index is 5.01. The number of fused-ring (bicyclic) bond motifs is 1. The van der Waals surface area contributed by atoms with Gasteiger partial charge in [0.2, 0.25) is 5.88 Å². The Bertz CT molecular complexity index is 485. The predicted octanol–water partition coefficient (Wildman–Crippen LogP) is 2.71. The number of nitrogens with zero attached hydrogens (tertiary/aromatic N) is 2. The highest BCUT2D eigenvalue weighted by atomic mass is 79.9. The third kappa shape index (κ3) is 1.57. The molecule has 0 aliphatic rings. The molecule has 3 nitrogen and oxygen atoms in total. The van der Waals surface area contributed by atoms with Crippen LogP contribution in [0.25, 0.3) is 11.0 Å². The van der Waals surface area contributed by atoms with E-state index in [1.165, 1.54) is 0 Å². The van der Waals surface area contributed by atoms with Gasteiger partial charge in [-0.1, -0.05) is 0 Å². The second-order valence-electron chi connectivity index (χ2n) is 3.03. The Morgan fingerprint density at radius 1 is 1.36 bits per heavy atom. The van der Waals surface area contributed by atoms with Crippen molar-refractivity contribution in [1.82, 2.24) is 9.97 Å². The summed E-state index contributed by atoms with van der Waals surface area (Å²) in [5, 5.41) is 0. The van der Waals surface area contributed by atoms with Crippen LogP contribution in [0.4, 0.5) is 0 Å². The monoisotopic (exact) mass is 252 g/mol. The summed E-state index contributed by atoms with van der Waals surface area (Å²) in [6.07, 6.45) is 1.61. The molecule has 1 aromatic carbocycles. The Balaban J connectivity index is 2.75. The Kier molecular flexibility index (Phi) is 2.37. The van der Waals surface area contributed by atoms with E-state index < -0.39 is 0 Å². The number of rotatable bonds is 1. The number of ether oxygens (including phenoxy) is 1. The van der Waals surface area contributed by atoms with Crippen LogP contribution in [0, 0.1) is 6.92 Å². The number of halogens is 1. The van der Waals surface area contributed by atoms with Crippen LogP contribution in [0.3, 0.4) is 0 Å². The van der Waals surface area contributed by atoms with E-state index in [1.54, 1.807) is 13.3 Å². The minimum absolute atomic E-state index is 0.537. The summed E-state index contributed by atoms with van der Waals surface area (Å²) in [6, 6.07) is 4.00. The van der Waals surface area contributed by atoms with Crippen molar-refractivity contribution in [3.63, 3.8) is 0 Å². The minimum atomic E-state index is 0.537. The van der Waals surface area contributed by atoms with Gasteiger partial charge in [0.1, 0.15) is 5.52 Å². The molecule has 0 bridgehead atoms. The normalized spacial score (nSPS) is 10.5. The second kappa shape index (κ2) is 3.53. The third-order valence-corrected chi connectivity index (χ3v) is 2.54. The lowest BCUT2D eigenvalue weighted by Gasteiger charge is -2.03. The maximum Gasteiger partial charge on any atom is 0.232 e. The summed E-state index contributed by atoms with van der Waals surface area (Å²) < 4.78 is 5.97. The van der Waals surface area contributed by atoms with Crippen molar-refractivity contribution < 1.29 is 4.74 Å². The van der Waals surface area contributed by atoms with Crippen molar-refractivity contribution >= 4 is 27.0 Å². The van der Waals surface area contributed by atoms with E-state index >= 15 is 0 Å². The fourth-order valence-electron chi connectivity index (χ4n) is 1.30.